The second kappa shape index (κ2) is 11.1. The Kier molecular flexibility index (Phi) is 9.14. The lowest BCUT2D eigenvalue weighted by Gasteiger charge is -2.14. The molecule has 0 bridgehead atoms. The van der Waals surface area contributed by atoms with Gasteiger partial charge in [-0.3, -0.25) is 9.59 Å². The van der Waals surface area contributed by atoms with Gasteiger partial charge in [0.15, 0.2) is 0 Å². The van der Waals surface area contributed by atoms with Crippen molar-refractivity contribution in [1.29, 1.82) is 0 Å². The molecule has 28 heavy (non-hydrogen) atoms. The topological polar surface area (TPSA) is 111 Å². The molecule has 2 amide bonds. The van der Waals surface area contributed by atoms with Gasteiger partial charge in [0.05, 0.1) is 6.61 Å². The number of anilines is 1. The monoisotopic (exact) mass is 405 g/mol. The highest BCUT2D eigenvalue weighted by Gasteiger charge is 2.18. The summed E-state index contributed by atoms with van der Waals surface area (Å²) < 4.78 is 4.85. The summed E-state index contributed by atoms with van der Waals surface area (Å²) in [6.07, 6.45) is 0. The number of halogens is 1. The standard InChI is InChI=1S/C20H23N3O4.ClH/c1-3-27-20(26)13(2)22-18(24)15-9-11-16(12-10-15)23-19(25)17(21)14-7-5-4-6-8-14;/h4-13,17H,3,21H2,1-2H3,(H,22,24)(H,23,25);1H. The Hall–Kier alpha value is -2.90. The van der Waals surface area contributed by atoms with E-state index in [1.807, 2.05) is 18.2 Å². The highest BCUT2D eigenvalue weighted by atomic mass is 35.5. The van der Waals surface area contributed by atoms with Gasteiger partial charge in [-0.1, -0.05) is 30.3 Å². The van der Waals surface area contributed by atoms with Crippen LogP contribution in [0, 0.1) is 0 Å². The van der Waals surface area contributed by atoms with Gasteiger partial charge < -0.3 is 21.1 Å². The third kappa shape index (κ3) is 6.37. The van der Waals surface area contributed by atoms with E-state index in [0.29, 0.717) is 16.8 Å². The van der Waals surface area contributed by atoms with Crippen molar-refractivity contribution in [3.63, 3.8) is 0 Å². The number of carbonyl (C=O) groups excluding carboxylic acids is 3. The lowest BCUT2D eigenvalue weighted by atomic mass is 10.1. The van der Waals surface area contributed by atoms with Crippen LogP contribution in [-0.4, -0.2) is 30.4 Å². The molecule has 2 aromatic carbocycles. The van der Waals surface area contributed by atoms with Gasteiger partial charge in [-0.2, -0.15) is 0 Å². The van der Waals surface area contributed by atoms with Crippen molar-refractivity contribution in [2.24, 2.45) is 5.73 Å². The van der Waals surface area contributed by atoms with E-state index < -0.39 is 24.0 Å². The zero-order chi connectivity index (χ0) is 19.8. The number of esters is 1. The average molecular weight is 406 g/mol. The summed E-state index contributed by atoms with van der Waals surface area (Å²) in [6, 6.07) is 13.8. The SMILES string of the molecule is CCOC(=O)C(C)NC(=O)c1ccc(NC(=O)C(N)c2ccccc2)cc1.Cl. The first kappa shape index (κ1) is 23.1. The summed E-state index contributed by atoms with van der Waals surface area (Å²) >= 11 is 0. The van der Waals surface area contributed by atoms with E-state index in [4.69, 9.17) is 10.5 Å². The highest BCUT2D eigenvalue weighted by Crippen LogP contribution is 2.15. The summed E-state index contributed by atoms with van der Waals surface area (Å²) in [6.45, 7) is 3.50. The highest BCUT2D eigenvalue weighted by molar-refractivity contribution is 5.98. The molecule has 0 fully saturated rings. The number of rotatable bonds is 7. The molecule has 0 heterocycles. The van der Waals surface area contributed by atoms with Gasteiger partial charge in [0.2, 0.25) is 5.91 Å². The molecular formula is C20H24ClN3O4. The molecule has 150 valence electrons. The van der Waals surface area contributed by atoms with Crippen molar-refractivity contribution in [3.05, 3.63) is 65.7 Å². The summed E-state index contributed by atoms with van der Waals surface area (Å²) in [4.78, 5) is 36.0. The molecule has 4 N–H and O–H groups in total. The number of benzene rings is 2. The summed E-state index contributed by atoms with van der Waals surface area (Å²) in [5, 5.41) is 5.27. The van der Waals surface area contributed by atoms with E-state index in [1.165, 1.54) is 0 Å². The zero-order valence-corrected chi connectivity index (χ0v) is 16.5. The fourth-order valence-corrected chi connectivity index (χ4v) is 2.34. The molecule has 0 spiro atoms. The molecule has 0 radical (unpaired) electrons. The average Bonchev–Trinajstić information content (AvgIpc) is 2.68. The van der Waals surface area contributed by atoms with E-state index >= 15 is 0 Å². The maximum absolute atomic E-state index is 12.2. The minimum absolute atomic E-state index is 0. The second-order valence-electron chi connectivity index (χ2n) is 5.90. The Labute approximate surface area is 170 Å². The smallest absolute Gasteiger partial charge is 0.328 e. The lowest BCUT2D eigenvalue weighted by molar-refractivity contribution is -0.144. The number of hydrogen-bond donors (Lipinski definition) is 3. The van der Waals surface area contributed by atoms with E-state index in [2.05, 4.69) is 10.6 Å². The predicted octanol–water partition coefficient (Wildman–Crippen LogP) is 2.43. The van der Waals surface area contributed by atoms with E-state index in [-0.39, 0.29) is 24.9 Å². The van der Waals surface area contributed by atoms with Crippen molar-refractivity contribution in [1.82, 2.24) is 5.32 Å². The van der Waals surface area contributed by atoms with Crippen LogP contribution in [0.3, 0.4) is 0 Å². The van der Waals surface area contributed by atoms with Crippen molar-refractivity contribution >= 4 is 35.9 Å². The predicted molar refractivity (Wildman–Crippen MR) is 109 cm³/mol. The third-order valence-corrected chi connectivity index (χ3v) is 3.84. The number of amides is 2. The van der Waals surface area contributed by atoms with Crippen molar-refractivity contribution in [2.45, 2.75) is 25.9 Å². The van der Waals surface area contributed by atoms with Crippen LogP contribution in [0.4, 0.5) is 5.69 Å². The van der Waals surface area contributed by atoms with Crippen LogP contribution in [0.15, 0.2) is 54.6 Å². The van der Waals surface area contributed by atoms with Crippen LogP contribution in [-0.2, 0) is 14.3 Å². The fraction of sp³-hybridized carbons (Fsp3) is 0.250. The Balaban J connectivity index is 0.00000392. The number of carbonyl (C=O) groups is 3. The second-order valence-corrected chi connectivity index (χ2v) is 5.90. The van der Waals surface area contributed by atoms with Crippen LogP contribution in [0.2, 0.25) is 0 Å². The van der Waals surface area contributed by atoms with Crippen LogP contribution >= 0.6 is 12.4 Å². The van der Waals surface area contributed by atoms with E-state index in [0.717, 1.165) is 0 Å². The van der Waals surface area contributed by atoms with E-state index in [1.54, 1.807) is 50.2 Å². The molecular weight excluding hydrogens is 382 g/mol. The lowest BCUT2D eigenvalue weighted by Crippen LogP contribution is -2.39. The number of ether oxygens (including phenoxy) is 1. The van der Waals surface area contributed by atoms with E-state index in [9.17, 15) is 14.4 Å². The first-order chi connectivity index (χ1) is 12.9. The molecule has 2 rings (SSSR count). The molecule has 0 aliphatic carbocycles. The molecule has 0 saturated heterocycles. The van der Waals surface area contributed by atoms with Crippen LogP contribution in [0.5, 0.6) is 0 Å². The molecule has 7 nitrogen and oxygen atoms in total. The zero-order valence-electron chi connectivity index (χ0n) is 15.7. The minimum Gasteiger partial charge on any atom is -0.464 e. The summed E-state index contributed by atoms with van der Waals surface area (Å²) in [7, 11) is 0. The molecule has 0 saturated carbocycles. The van der Waals surface area contributed by atoms with Crippen LogP contribution < -0.4 is 16.4 Å². The number of hydrogen-bond acceptors (Lipinski definition) is 5. The fourth-order valence-electron chi connectivity index (χ4n) is 2.34. The van der Waals surface area contributed by atoms with Gasteiger partial charge in [0.1, 0.15) is 12.1 Å². The van der Waals surface area contributed by atoms with Gasteiger partial charge >= 0.3 is 5.97 Å². The van der Waals surface area contributed by atoms with Crippen LogP contribution in [0.1, 0.15) is 35.8 Å². The summed E-state index contributed by atoms with van der Waals surface area (Å²) in [5.41, 5.74) is 7.53. The minimum atomic E-state index is -0.792. The molecule has 0 aromatic heterocycles. The summed E-state index contributed by atoms with van der Waals surface area (Å²) in [5.74, 6) is -1.26. The quantitative estimate of drug-likeness (QED) is 0.613. The van der Waals surface area contributed by atoms with Gasteiger partial charge in [-0.15, -0.1) is 12.4 Å². The molecule has 8 heteroatoms. The molecule has 2 atom stereocenters. The first-order valence-corrected chi connectivity index (χ1v) is 8.61. The van der Waals surface area contributed by atoms with Gasteiger partial charge in [-0.25, -0.2) is 4.79 Å². The van der Waals surface area contributed by atoms with Gasteiger partial charge in [0, 0.05) is 11.3 Å². The Morgan fingerprint density at radius 1 is 1.04 bits per heavy atom. The molecule has 0 aliphatic rings. The Morgan fingerprint density at radius 3 is 2.21 bits per heavy atom. The normalized spacial score (nSPS) is 12.1. The maximum Gasteiger partial charge on any atom is 0.328 e. The Bertz CT molecular complexity index is 797. The maximum atomic E-state index is 12.2. The number of nitrogens with two attached hydrogens (primary N) is 1. The van der Waals surface area contributed by atoms with Crippen molar-refractivity contribution < 1.29 is 19.1 Å². The molecule has 2 unspecified atom stereocenters. The van der Waals surface area contributed by atoms with Crippen molar-refractivity contribution in [2.75, 3.05) is 11.9 Å². The number of nitrogens with one attached hydrogen (secondary N) is 2. The Morgan fingerprint density at radius 2 is 1.64 bits per heavy atom. The van der Waals surface area contributed by atoms with Crippen molar-refractivity contribution in [3.8, 4) is 0 Å². The molecule has 0 aliphatic heterocycles. The van der Waals surface area contributed by atoms with Gasteiger partial charge in [-0.05, 0) is 43.7 Å². The first-order valence-electron chi connectivity index (χ1n) is 8.61. The largest absolute Gasteiger partial charge is 0.464 e. The van der Waals surface area contributed by atoms with Gasteiger partial charge in [0.25, 0.3) is 5.91 Å². The van der Waals surface area contributed by atoms with Crippen LogP contribution in [0.25, 0.3) is 0 Å². The molecule has 2 aromatic rings. The third-order valence-electron chi connectivity index (χ3n) is 3.84.